The molecule has 0 radical (unpaired) electrons. The Morgan fingerprint density at radius 2 is 1.39 bits per heavy atom. The summed E-state index contributed by atoms with van der Waals surface area (Å²) < 4.78 is 5.62. The zero-order valence-corrected chi connectivity index (χ0v) is 16.9. The van der Waals surface area contributed by atoms with Gasteiger partial charge >= 0.3 is 11.9 Å². The number of hydrogen-bond acceptors (Lipinski definition) is 8. The molecule has 0 saturated heterocycles. The fourth-order valence-electron chi connectivity index (χ4n) is 3.32. The molecule has 1 aliphatic heterocycles. The molecular formula is C23H20O10. The molecule has 0 saturated carbocycles. The molecule has 7 N–H and O–H groups in total. The van der Waals surface area contributed by atoms with Crippen LogP contribution in [-0.2, 0) is 6.42 Å². The first-order chi connectivity index (χ1) is 15.6. The number of benzene rings is 3. The lowest BCUT2D eigenvalue weighted by molar-refractivity contribution is 0.0197. The maximum absolute atomic E-state index is 10.5. The van der Waals surface area contributed by atoms with E-state index in [4.69, 9.17) is 14.9 Å². The first-order valence-electron chi connectivity index (χ1n) is 9.55. The molecule has 10 nitrogen and oxygen atoms in total. The number of carbonyl (C=O) groups is 2. The predicted molar refractivity (Wildman–Crippen MR) is 113 cm³/mol. The molecule has 1 aliphatic rings. The van der Waals surface area contributed by atoms with Crippen molar-refractivity contribution in [1.29, 1.82) is 0 Å². The van der Waals surface area contributed by atoms with Gasteiger partial charge in [-0.2, -0.15) is 0 Å². The van der Waals surface area contributed by atoms with Gasteiger partial charge in [0.25, 0.3) is 0 Å². The van der Waals surface area contributed by atoms with Crippen molar-refractivity contribution >= 4 is 11.9 Å². The summed E-state index contributed by atoms with van der Waals surface area (Å²) in [6, 6.07) is 12.1. The van der Waals surface area contributed by atoms with E-state index in [1.165, 1.54) is 54.6 Å². The number of carboxylic acids is 2. The largest absolute Gasteiger partial charge is 0.508 e. The second-order valence-electron chi connectivity index (χ2n) is 7.16. The number of aliphatic hydroxyl groups excluding tert-OH is 1. The van der Waals surface area contributed by atoms with Gasteiger partial charge in [0, 0.05) is 24.1 Å². The fraction of sp³-hybridized carbons (Fsp3) is 0.130. The van der Waals surface area contributed by atoms with Crippen LogP contribution in [-0.4, -0.2) is 53.8 Å². The zero-order valence-electron chi connectivity index (χ0n) is 16.9. The molecule has 0 unspecified atom stereocenters. The molecule has 0 bridgehead atoms. The van der Waals surface area contributed by atoms with Crippen LogP contribution in [0.3, 0.4) is 0 Å². The van der Waals surface area contributed by atoms with Gasteiger partial charge in [-0.05, 0) is 29.8 Å². The second kappa shape index (κ2) is 9.37. The number of fused-ring (bicyclic) bond motifs is 1. The van der Waals surface area contributed by atoms with Gasteiger partial charge in [-0.15, -0.1) is 0 Å². The molecule has 0 spiro atoms. The Morgan fingerprint density at radius 1 is 0.788 bits per heavy atom. The first-order valence-corrected chi connectivity index (χ1v) is 9.55. The Balaban J connectivity index is 0.000000218. The number of phenolic OH excluding ortho intramolecular Hbond substituents is 4. The van der Waals surface area contributed by atoms with Gasteiger partial charge < -0.3 is 40.5 Å². The van der Waals surface area contributed by atoms with E-state index in [9.17, 15) is 35.1 Å². The van der Waals surface area contributed by atoms with Crippen LogP contribution in [0, 0.1) is 0 Å². The molecule has 3 aromatic carbocycles. The molecular weight excluding hydrogens is 436 g/mol. The average molecular weight is 456 g/mol. The summed E-state index contributed by atoms with van der Waals surface area (Å²) in [5, 5.41) is 65.4. The Morgan fingerprint density at radius 3 is 1.94 bits per heavy atom. The third kappa shape index (κ3) is 5.08. The van der Waals surface area contributed by atoms with Crippen LogP contribution >= 0.6 is 0 Å². The Labute approximate surface area is 186 Å². The number of phenols is 4. The van der Waals surface area contributed by atoms with Crippen LogP contribution in [0.4, 0.5) is 0 Å². The van der Waals surface area contributed by atoms with E-state index in [1.54, 1.807) is 0 Å². The minimum Gasteiger partial charge on any atom is -0.508 e. The minimum absolute atomic E-state index is 0.143. The van der Waals surface area contributed by atoms with Crippen molar-refractivity contribution in [2.75, 3.05) is 0 Å². The number of aromatic carboxylic acids is 2. The first kappa shape index (κ1) is 23.2. The highest BCUT2D eigenvalue weighted by atomic mass is 16.5. The van der Waals surface area contributed by atoms with Gasteiger partial charge in [0.05, 0.1) is 17.2 Å². The van der Waals surface area contributed by atoms with Crippen molar-refractivity contribution in [2.24, 2.45) is 0 Å². The Hall–Kier alpha value is -4.44. The molecule has 0 amide bonds. The van der Waals surface area contributed by atoms with Crippen molar-refractivity contribution in [2.45, 2.75) is 18.6 Å². The quantitative estimate of drug-likeness (QED) is 0.289. The van der Waals surface area contributed by atoms with Crippen LogP contribution in [0.2, 0.25) is 0 Å². The van der Waals surface area contributed by atoms with E-state index in [2.05, 4.69) is 0 Å². The van der Waals surface area contributed by atoms with E-state index in [0.717, 1.165) is 0 Å². The third-order valence-corrected chi connectivity index (χ3v) is 4.90. The lowest BCUT2D eigenvalue weighted by Gasteiger charge is -2.31. The number of hydrogen-bond donors (Lipinski definition) is 7. The molecule has 2 atom stereocenters. The summed E-state index contributed by atoms with van der Waals surface area (Å²) in [7, 11) is 0. The smallest absolute Gasteiger partial charge is 0.336 e. The maximum atomic E-state index is 10.5. The molecule has 3 aromatic rings. The number of ether oxygens (including phenoxy) is 1. The van der Waals surface area contributed by atoms with Gasteiger partial charge in [-0.25, -0.2) is 9.59 Å². The van der Waals surface area contributed by atoms with Gasteiger partial charge in [-0.3, -0.25) is 0 Å². The monoisotopic (exact) mass is 456 g/mol. The molecule has 33 heavy (non-hydrogen) atoms. The topological polar surface area (TPSA) is 185 Å². The molecule has 10 heteroatoms. The maximum Gasteiger partial charge on any atom is 0.336 e. The lowest BCUT2D eigenvalue weighted by Crippen LogP contribution is -2.30. The van der Waals surface area contributed by atoms with Crippen LogP contribution in [0.25, 0.3) is 0 Å². The van der Waals surface area contributed by atoms with Crippen molar-refractivity contribution in [3.05, 3.63) is 76.9 Å². The summed E-state index contributed by atoms with van der Waals surface area (Å²) in [4.78, 5) is 20.9. The number of rotatable bonds is 3. The molecule has 1 heterocycles. The second-order valence-corrected chi connectivity index (χ2v) is 7.16. The van der Waals surface area contributed by atoms with Crippen molar-refractivity contribution in [1.82, 2.24) is 0 Å². The SMILES string of the molecule is O=C(O)c1ccccc1C(=O)O.Oc1cc(O)c2c(c1)O[C@H](c1ccc(O)c(O)c1)[C@@H](O)C2. The predicted octanol–water partition coefficient (Wildman–Crippen LogP) is 2.63. The molecule has 0 aromatic heterocycles. The van der Waals surface area contributed by atoms with Crippen LogP contribution < -0.4 is 4.74 Å². The average Bonchev–Trinajstić information content (AvgIpc) is 2.76. The minimum atomic E-state index is -1.23. The Kier molecular flexibility index (Phi) is 6.59. The van der Waals surface area contributed by atoms with Crippen LogP contribution in [0.15, 0.2) is 54.6 Å². The van der Waals surface area contributed by atoms with E-state index in [0.29, 0.717) is 11.1 Å². The van der Waals surface area contributed by atoms with Crippen molar-refractivity contribution < 1.29 is 50.1 Å². The van der Waals surface area contributed by atoms with Gasteiger partial charge in [0.1, 0.15) is 23.4 Å². The highest BCUT2D eigenvalue weighted by molar-refractivity contribution is 6.01. The van der Waals surface area contributed by atoms with Gasteiger partial charge in [0.15, 0.2) is 11.5 Å². The summed E-state index contributed by atoms with van der Waals surface area (Å²) >= 11 is 0. The molecule has 0 aliphatic carbocycles. The van der Waals surface area contributed by atoms with Crippen LogP contribution in [0.5, 0.6) is 28.7 Å². The molecule has 4 rings (SSSR count). The standard InChI is InChI=1S/C15H14O6.C8H6O4/c16-8-4-11(18)9-6-13(20)15(21-14(9)5-8)7-1-2-10(17)12(19)3-7;9-7(10)5-3-1-2-4-6(5)8(11)12/h1-5,13,15-20H,6H2;1-4H,(H,9,10)(H,11,12)/t13-,15+;/m0./s1. The highest BCUT2D eigenvalue weighted by Gasteiger charge is 2.32. The van der Waals surface area contributed by atoms with Crippen LogP contribution in [0.1, 0.15) is 37.9 Å². The normalized spacial score (nSPS) is 16.5. The van der Waals surface area contributed by atoms with Crippen molar-refractivity contribution in [3.63, 3.8) is 0 Å². The summed E-state index contributed by atoms with van der Waals surface area (Å²) in [6.07, 6.45) is -1.56. The molecule has 172 valence electrons. The highest BCUT2D eigenvalue weighted by Crippen LogP contribution is 2.42. The van der Waals surface area contributed by atoms with Gasteiger partial charge in [-0.1, -0.05) is 18.2 Å². The van der Waals surface area contributed by atoms with Crippen molar-refractivity contribution in [3.8, 4) is 28.7 Å². The molecule has 0 fully saturated rings. The van der Waals surface area contributed by atoms with Gasteiger partial charge in [0.2, 0.25) is 0 Å². The van der Waals surface area contributed by atoms with E-state index >= 15 is 0 Å². The third-order valence-electron chi connectivity index (χ3n) is 4.90. The summed E-state index contributed by atoms with van der Waals surface area (Å²) in [5.41, 5.74) is 0.515. The Bertz CT molecular complexity index is 1170. The summed E-state index contributed by atoms with van der Waals surface area (Å²) in [6.45, 7) is 0. The lowest BCUT2D eigenvalue weighted by atomic mass is 9.94. The summed E-state index contributed by atoms with van der Waals surface area (Å²) in [5.74, 6) is -3.05. The number of aliphatic hydroxyl groups is 1. The number of carboxylic acid groups (broad SMARTS) is 2. The van der Waals surface area contributed by atoms with E-state index in [-0.39, 0.29) is 46.3 Å². The fourth-order valence-corrected chi connectivity index (χ4v) is 3.32. The number of aromatic hydroxyl groups is 4. The van der Waals surface area contributed by atoms with E-state index < -0.39 is 24.1 Å². The zero-order chi connectivity index (χ0) is 24.3. The van der Waals surface area contributed by atoms with E-state index in [1.807, 2.05) is 0 Å².